The highest BCUT2D eigenvalue weighted by Gasteiger charge is 2.17. The molecule has 0 aliphatic carbocycles. The van der Waals surface area contributed by atoms with Crippen LogP contribution < -0.4 is 0 Å². The Morgan fingerprint density at radius 1 is 1.21 bits per heavy atom. The molecule has 19 heavy (non-hydrogen) atoms. The summed E-state index contributed by atoms with van der Waals surface area (Å²) in [5.74, 6) is -0.287. The number of rotatable bonds is 4. The lowest BCUT2D eigenvalue weighted by molar-refractivity contribution is 0.112. The number of aromatic nitrogens is 1. The highest BCUT2D eigenvalue weighted by atomic mass is 35.5. The summed E-state index contributed by atoms with van der Waals surface area (Å²) in [6.45, 7) is 0. The van der Waals surface area contributed by atoms with E-state index in [1.165, 1.54) is 24.4 Å². The lowest BCUT2D eigenvalue weighted by Crippen LogP contribution is -2.06. The second-order valence-electron chi connectivity index (χ2n) is 3.91. The predicted molar refractivity (Wildman–Crippen MR) is 72.0 cm³/mol. The average molecular weight is 296 g/mol. The number of hydrogen-bond acceptors (Lipinski definition) is 4. The number of sulfone groups is 1. The molecule has 0 saturated carbocycles. The predicted octanol–water partition coefficient (Wildman–Crippen LogP) is 2.52. The molecule has 2 rings (SSSR count). The van der Waals surface area contributed by atoms with Crippen molar-refractivity contribution < 1.29 is 13.2 Å². The molecule has 6 heteroatoms. The lowest BCUT2D eigenvalue weighted by Gasteiger charge is -2.06. The minimum atomic E-state index is -3.50. The summed E-state index contributed by atoms with van der Waals surface area (Å²) in [6.07, 6.45) is 1.90. The standard InChI is InChI=1S/C13H10ClNO3S/c14-13-11(6-10(8-16)7-15-13)9-19(17,18)12-4-2-1-3-5-12/h1-8H,9H2. The van der Waals surface area contributed by atoms with E-state index in [0.29, 0.717) is 17.4 Å². The van der Waals surface area contributed by atoms with E-state index in [4.69, 9.17) is 11.6 Å². The summed E-state index contributed by atoms with van der Waals surface area (Å²) < 4.78 is 24.4. The minimum absolute atomic E-state index is 0.0881. The van der Waals surface area contributed by atoms with Crippen molar-refractivity contribution in [3.63, 3.8) is 0 Å². The van der Waals surface area contributed by atoms with Crippen molar-refractivity contribution >= 4 is 27.7 Å². The number of aldehydes is 1. The molecule has 0 aliphatic heterocycles. The summed E-state index contributed by atoms with van der Waals surface area (Å²) in [4.78, 5) is 14.7. The molecule has 0 amide bonds. The Bertz CT molecular complexity index is 699. The number of carbonyl (C=O) groups is 1. The molecule has 1 aromatic heterocycles. The fourth-order valence-corrected chi connectivity index (χ4v) is 3.21. The van der Waals surface area contributed by atoms with Gasteiger partial charge >= 0.3 is 0 Å². The smallest absolute Gasteiger partial charge is 0.182 e. The molecular weight excluding hydrogens is 286 g/mol. The topological polar surface area (TPSA) is 64.1 Å². The first-order chi connectivity index (χ1) is 9.03. The third-order valence-electron chi connectivity index (χ3n) is 2.52. The van der Waals surface area contributed by atoms with E-state index in [2.05, 4.69) is 4.98 Å². The van der Waals surface area contributed by atoms with Crippen LogP contribution in [0.1, 0.15) is 15.9 Å². The van der Waals surface area contributed by atoms with Gasteiger partial charge in [0.05, 0.1) is 10.6 Å². The molecule has 4 nitrogen and oxygen atoms in total. The van der Waals surface area contributed by atoms with Crippen LogP contribution in [0.5, 0.6) is 0 Å². The maximum Gasteiger partial charge on any atom is 0.182 e. The van der Waals surface area contributed by atoms with Gasteiger partial charge in [-0.3, -0.25) is 4.79 Å². The molecule has 0 saturated heterocycles. The summed E-state index contributed by atoms with van der Waals surface area (Å²) in [6, 6.07) is 9.49. The van der Waals surface area contributed by atoms with Crippen LogP contribution in [0.3, 0.4) is 0 Å². The van der Waals surface area contributed by atoms with Crippen molar-refractivity contribution in [3.8, 4) is 0 Å². The maximum absolute atomic E-state index is 12.2. The van der Waals surface area contributed by atoms with E-state index >= 15 is 0 Å². The molecular formula is C13H10ClNO3S. The number of halogens is 1. The third kappa shape index (κ3) is 3.19. The first kappa shape index (κ1) is 13.7. The number of nitrogens with zero attached hydrogens (tertiary/aromatic N) is 1. The quantitative estimate of drug-likeness (QED) is 0.642. The number of carbonyl (C=O) groups excluding carboxylic acids is 1. The zero-order chi connectivity index (χ0) is 13.9. The van der Waals surface area contributed by atoms with E-state index in [-0.39, 0.29) is 15.8 Å². The van der Waals surface area contributed by atoms with Crippen LogP contribution in [0, 0.1) is 0 Å². The lowest BCUT2D eigenvalue weighted by atomic mass is 10.2. The first-order valence-corrected chi connectivity index (χ1v) is 7.43. The van der Waals surface area contributed by atoms with E-state index in [0.717, 1.165) is 0 Å². The minimum Gasteiger partial charge on any atom is -0.298 e. The van der Waals surface area contributed by atoms with Gasteiger partial charge in [-0.1, -0.05) is 29.8 Å². The van der Waals surface area contributed by atoms with Crippen molar-refractivity contribution in [1.82, 2.24) is 4.98 Å². The second-order valence-corrected chi connectivity index (χ2v) is 6.26. The molecule has 0 fully saturated rings. The van der Waals surface area contributed by atoms with Crippen LogP contribution in [0.4, 0.5) is 0 Å². The number of hydrogen-bond donors (Lipinski definition) is 0. The number of benzene rings is 1. The fourth-order valence-electron chi connectivity index (χ4n) is 1.59. The highest BCUT2D eigenvalue weighted by Crippen LogP contribution is 2.21. The summed E-state index contributed by atoms with van der Waals surface area (Å²) in [7, 11) is -3.50. The van der Waals surface area contributed by atoms with Crippen LogP contribution in [0.2, 0.25) is 5.15 Å². The van der Waals surface area contributed by atoms with Gasteiger partial charge in [0.2, 0.25) is 0 Å². The Morgan fingerprint density at radius 2 is 1.89 bits per heavy atom. The second kappa shape index (κ2) is 5.50. The van der Waals surface area contributed by atoms with E-state index in [1.807, 2.05) is 0 Å². The molecule has 0 atom stereocenters. The molecule has 1 aromatic carbocycles. The first-order valence-electron chi connectivity index (χ1n) is 5.40. The monoisotopic (exact) mass is 295 g/mol. The maximum atomic E-state index is 12.2. The van der Waals surface area contributed by atoms with Crippen molar-refractivity contribution in [3.05, 3.63) is 58.9 Å². The van der Waals surface area contributed by atoms with Crippen molar-refractivity contribution in [1.29, 1.82) is 0 Å². The van der Waals surface area contributed by atoms with Gasteiger partial charge in [0, 0.05) is 17.3 Å². The van der Waals surface area contributed by atoms with Gasteiger partial charge in [0.1, 0.15) is 5.15 Å². The average Bonchev–Trinajstić information content (AvgIpc) is 2.42. The van der Waals surface area contributed by atoms with Gasteiger partial charge in [0.25, 0.3) is 0 Å². The highest BCUT2D eigenvalue weighted by molar-refractivity contribution is 7.90. The van der Waals surface area contributed by atoms with Crippen LogP contribution in [-0.2, 0) is 15.6 Å². The Morgan fingerprint density at radius 3 is 2.53 bits per heavy atom. The molecule has 98 valence electrons. The van der Waals surface area contributed by atoms with Gasteiger partial charge in [-0.05, 0) is 18.2 Å². The van der Waals surface area contributed by atoms with Crippen molar-refractivity contribution in [2.45, 2.75) is 10.6 Å². The fraction of sp³-hybridized carbons (Fsp3) is 0.0769. The van der Waals surface area contributed by atoms with Gasteiger partial charge < -0.3 is 0 Å². The van der Waals surface area contributed by atoms with Crippen LogP contribution >= 0.6 is 11.6 Å². The SMILES string of the molecule is O=Cc1cnc(Cl)c(CS(=O)(=O)c2ccccc2)c1. The van der Waals surface area contributed by atoms with Crippen LogP contribution in [0.25, 0.3) is 0 Å². The van der Waals surface area contributed by atoms with Gasteiger partial charge in [-0.15, -0.1) is 0 Å². The van der Waals surface area contributed by atoms with Crippen molar-refractivity contribution in [2.75, 3.05) is 0 Å². The van der Waals surface area contributed by atoms with Gasteiger partial charge in [-0.2, -0.15) is 0 Å². The Hall–Kier alpha value is -1.72. The van der Waals surface area contributed by atoms with Crippen LogP contribution in [-0.4, -0.2) is 19.7 Å². The van der Waals surface area contributed by atoms with Crippen molar-refractivity contribution in [2.24, 2.45) is 0 Å². The van der Waals surface area contributed by atoms with E-state index in [1.54, 1.807) is 18.2 Å². The zero-order valence-electron chi connectivity index (χ0n) is 9.78. The molecule has 0 N–H and O–H groups in total. The third-order valence-corrected chi connectivity index (χ3v) is 4.54. The van der Waals surface area contributed by atoms with Gasteiger partial charge in [0.15, 0.2) is 16.1 Å². The molecule has 0 unspecified atom stereocenters. The molecule has 1 heterocycles. The van der Waals surface area contributed by atoms with E-state index < -0.39 is 9.84 Å². The number of pyridine rings is 1. The van der Waals surface area contributed by atoms with Crippen LogP contribution in [0.15, 0.2) is 47.5 Å². The summed E-state index contributed by atoms with van der Waals surface area (Å²) in [5, 5.41) is 0.0881. The molecule has 0 bridgehead atoms. The molecule has 2 aromatic rings. The summed E-state index contributed by atoms with van der Waals surface area (Å²) in [5.41, 5.74) is 0.609. The molecule has 0 aliphatic rings. The van der Waals surface area contributed by atoms with Gasteiger partial charge in [-0.25, -0.2) is 13.4 Å². The van der Waals surface area contributed by atoms with E-state index in [9.17, 15) is 13.2 Å². The largest absolute Gasteiger partial charge is 0.298 e. The normalized spacial score (nSPS) is 11.2. The summed E-state index contributed by atoms with van der Waals surface area (Å²) >= 11 is 5.86. The Balaban J connectivity index is 2.38. The zero-order valence-corrected chi connectivity index (χ0v) is 11.4. The molecule has 0 spiro atoms. The Kier molecular flexibility index (Phi) is 3.97. The Labute approximate surface area is 116 Å². The molecule has 0 radical (unpaired) electrons.